The summed E-state index contributed by atoms with van der Waals surface area (Å²) in [5.41, 5.74) is -0.512. The van der Waals surface area contributed by atoms with Crippen LogP contribution >= 0.6 is 0 Å². The molecule has 1 saturated heterocycles. The average molecular weight is 567 g/mol. The number of hydrogen-bond acceptors (Lipinski definition) is 9. The number of nitrogens with one attached hydrogen (secondary N) is 2. The van der Waals surface area contributed by atoms with Gasteiger partial charge in [-0.25, -0.2) is 9.59 Å². The van der Waals surface area contributed by atoms with Gasteiger partial charge in [0.15, 0.2) is 6.10 Å². The average Bonchev–Trinajstić information content (AvgIpc) is 3.14. The second-order valence-electron chi connectivity index (χ2n) is 9.07. The third-order valence-electron chi connectivity index (χ3n) is 5.92. The van der Waals surface area contributed by atoms with E-state index >= 15 is 0 Å². The summed E-state index contributed by atoms with van der Waals surface area (Å²) in [5.74, 6) is -5.06. The molecule has 1 aliphatic heterocycles. The van der Waals surface area contributed by atoms with Crippen molar-refractivity contribution in [2.45, 2.75) is 69.8 Å². The number of unbranched alkanes of at least 4 members (excludes halogenated alkanes) is 2. The van der Waals surface area contributed by atoms with Crippen LogP contribution in [0.2, 0.25) is 0 Å². The van der Waals surface area contributed by atoms with E-state index in [2.05, 4.69) is 15.6 Å². The van der Waals surface area contributed by atoms with Crippen LogP contribution in [-0.2, 0) is 23.8 Å². The number of carbonyl (C=O) groups is 3. The van der Waals surface area contributed by atoms with Gasteiger partial charge in [0.1, 0.15) is 18.5 Å². The van der Waals surface area contributed by atoms with Gasteiger partial charge in [-0.1, -0.05) is 31.5 Å². The van der Waals surface area contributed by atoms with Gasteiger partial charge in [0.2, 0.25) is 12.1 Å². The van der Waals surface area contributed by atoms with Gasteiger partial charge in [-0.2, -0.15) is 13.8 Å². The summed E-state index contributed by atoms with van der Waals surface area (Å²) < 4.78 is 45.1. The Kier molecular flexibility index (Phi) is 11.1. The summed E-state index contributed by atoms with van der Waals surface area (Å²) in [7, 11) is 0. The number of anilines is 2. The first kappa shape index (κ1) is 30.6. The molecule has 3 rings (SSSR count). The fraction of sp³-hybridized carbons (Fsp3) is 0.500. The summed E-state index contributed by atoms with van der Waals surface area (Å²) in [6.07, 6.45) is -3.85. The number of aromatic nitrogens is 2. The maximum Gasteiger partial charge on any atom is 0.412 e. The fourth-order valence-electron chi connectivity index (χ4n) is 3.76. The maximum atomic E-state index is 14.8. The molecule has 1 fully saturated rings. The molecule has 2 aromatic rings. The van der Waals surface area contributed by atoms with Crippen molar-refractivity contribution >= 4 is 29.5 Å². The van der Waals surface area contributed by atoms with E-state index in [-0.39, 0.29) is 31.2 Å². The molecule has 0 aliphatic carbocycles. The standard InChI is InChI=1S/C26H32F2N4O8/c1-2-3-15-38-25(37)31-19-13-14-32(24(36)30-19)23-26(27,28)22(35)18(40-23)16-39-21(34)12-8-7-11-20(33)29-17-9-5-4-6-10-17/h4-6,9-10,13-14,18,22-23,35H,2-3,7-8,11-12,15-16H2,1H3,(H,29,33)(H,30,31,36,37). The lowest BCUT2D eigenvalue weighted by molar-refractivity contribution is -0.150. The number of aliphatic hydroxyl groups is 1. The minimum Gasteiger partial charge on any atom is -0.463 e. The Hall–Kier alpha value is -3.91. The third kappa shape index (κ3) is 8.55. The summed E-state index contributed by atoms with van der Waals surface area (Å²) in [5, 5.41) is 15.1. The van der Waals surface area contributed by atoms with Crippen LogP contribution in [-0.4, -0.2) is 64.0 Å². The number of hydrogen-bond donors (Lipinski definition) is 3. The molecule has 3 atom stereocenters. The van der Waals surface area contributed by atoms with Gasteiger partial charge in [0.25, 0.3) is 0 Å². The molecule has 0 radical (unpaired) electrons. The highest BCUT2D eigenvalue weighted by Gasteiger charge is 2.60. The van der Waals surface area contributed by atoms with Gasteiger partial charge >= 0.3 is 23.7 Å². The lowest BCUT2D eigenvalue weighted by atomic mass is 10.1. The number of nitrogens with zero attached hydrogens (tertiary/aromatic N) is 2. The summed E-state index contributed by atoms with van der Waals surface area (Å²) in [4.78, 5) is 51.6. The minimum absolute atomic E-state index is 0.0695. The monoisotopic (exact) mass is 566 g/mol. The van der Waals surface area contributed by atoms with Crippen LogP contribution in [0.5, 0.6) is 0 Å². The molecule has 0 saturated carbocycles. The van der Waals surface area contributed by atoms with Crippen LogP contribution in [0.25, 0.3) is 0 Å². The van der Waals surface area contributed by atoms with Crippen LogP contribution in [0.15, 0.2) is 47.4 Å². The number of para-hydroxylation sites is 1. The number of esters is 1. The van der Waals surface area contributed by atoms with Crippen LogP contribution in [0.3, 0.4) is 0 Å². The Bertz CT molecular complexity index is 1210. The van der Waals surface area contributed by atoms with Crippen molar-refractivity contribution in [3.8, 4) is 0 Å². The van der Waals surface area contributed by atoms with E-state index < -0.39 is 48.7 Å². The maximum absolute atomic E-state index is 14.8. The first-order valence-electron chi connectivity index (χ1n) is 12.9. The van der Waals surface area contributed by atoms with E-state index in [4.69, 9.17) is 14.2 Å². The van der Waals surface area contributed by atoms with Crippen LogP contribution < -0.4 is 16.3 Å². The van der Waals surface area contributed by atoms with E-state index in [1.165, 1.54) is 0 Å². The van der Waals surface area contributed by atoms with Crippen LogP contribution in [0.1, 0.15) is 51.7 Å². The molecule has 1 aliphatic rings. The molecule has 2 heterocycles. The molecule has 1 aromatic carbocycles. The first-order valence-corrected chi connectivity index (χ1v) is 12.9. The van der Waals surface area contributed by atoms with E-state index in [0.29, 0.717) is 29.5 Å². The number of halogens is 2. The number of carbonyl (C=O) groups excluding carboxylic acids is 3. The van der Waals surface area contributed by atoms with Crippen molar-refractivity contribution in [2.24, 2.45) is 0 Å². The van der Waals surface area contributed by atoms with Crippen LogP contribution in [0, 0.1) is 0 Å². The van der Waals surface area contributed by atoms with Crippen molar-refractivity contribution < 1.29 is 42.5 Å². The van der Waals surface area contributed by atoms with E-state index in [9.17, 15) is 33.1 Å². The number of alkyl halides is 2. The van der Waals surface area contributed by atoms with Crippen molar-refractivity contribution in [3.63, 3.8) is 0 Å². The Morgan fingerprint density at radius 1 is 1.07 bits per heavy atom. The third-order valence-corrected chi connectivity index (χ3v) is 5.92. The number of ether oxygens (including phenoxy) is 3. The smallest absolute Gasteiger partial charge is 0.412 e. The highest BCUT2D eigenvalue weighted by molar-refractivity contribution is 5.90. The zero-order chi connectivity index (χ0) is 29.1. The van der Waals surface area contributed by atoms with Gasteiger partial charge in [0.05, 0.1) is 6.61 Å². The van der Waals surface area contributed by atoms with Crippen LogP contribution in [0.4, 0.5) is 25.1 Å². The molecule has 3 N–H and O–H groups in total. The molecule has 2 amide bonds. The molecule has 12 nitrogen and oxygen atoms in total. The Morgan fingerprint density at radius 2 is 1.80 bits per heavy atom. The summed E-state index contributed by atoms with van der Waals surface area (Å²) in [6.45, 7) is 1.40. The quantitative estimate of drug-likeness (QED) is 0.244. The van der Waals surface area contributed by atoms with Crippen molar-refractivity contribution in [1.29, 1.82) is 0 Å². The Balaban J connectivity index is 1.45. The second kappa shape index (κ2) is 14.5. The zero-order valence-corrected chi connectivity index (χ0v) is 21.9. The Labute approximate surface area is 228 Å². The fourth-order valence-corrected chi connectivity index (χ4v) is 3.76. The van der Waals surface area contributed by atoms with E-state index in [1.807, 2.05) is 13.0 Å². The first-order chi connectivity index (χ1) is 19.1. The lowest BCUT2D eigenvalue weighted by Gasteiger charge is -2.21. The molecule has 218 valence electrons. The van der Waals surface area contributed by atoms with Crippen molar-refractivity contribution in [1.82, 2.24) is 9.55 Å². The highest BCUT2D eigenvalue weighted by atomic mass is 19.3. The number of amides is 2. The van der Waals surface area contributed by atoms with Crippen molar-refractivity contribution in [2.75, 3.05) is 23.8 Å². The van der Waals surface area contributed by atoms with Gasteiger partial charge in [-0.15, -0.1) is 0 Å². The van der Waals surface area contributed by atoms with Gasteiger partial charge in [0, 0.05) is 24.7 Å². The van der Waals surface area contributed by atoms with Gasteiger partial charge in [-0.3, -0.25) is 19.5 Å². The van der Waals surface area contributed by atoms with E-state index in [1.54, 1.807) is 24.3 Å². The second-order valence-corrected chi connectivity index (χ2v) is 9.07. The predicted molar refractivity (Wildman–Crippen MR) is 138 cm³/mol. The molecule has 1 aromatic heterocycles. The minimum atomic E-state index is -3.91. The van der Waals surface area contributed by atoms with Gasteiger partial charge in [-0.05, 0) is 37.5 Å². The molecule has 0 spiro atoms. The number of benzene rings is 1. The molecular weight excluding hydrogens is 534 g/mol. The molecular formula is C26H32F2N4O8. The summed E-state index contributed by atoms with van der Waals surface area (Å²) in [6, 6.07) is 9.98. The number of aliphatic hydroxyl groups excluding tert-OH is 1. The normalized spacial score (nSPS) is 19.6. The summed E-state index contributed by atoms with van der Waals surface area (Å²) >= 11 is 0. The lowest BCUT2D eigenvalue weighted by Crippen LogP contribution is -2.42. The highest BCUT2D eigenvalue weighted by Crippen LogP contribution is 2.42. The SMILES string of the molecule is CCCCOC(=O)Nc1ccn(C2OC(COC(=O)CCCCC(=O)Nc3ccccc3)C(O)C2(F)F)c(=O)n1. The largest absolute Gasteiger partial charge is 0.463 e. The van der Waals surface area contributed by atoms with Gasteiger partial charge < -0.3 is 24.6 Å². The molecule has 3 unspecified atom stereocenters. The zero-order valence-electron chi connectivity index (χ0n) is 21.9. The predicted octanol–water partition coefficient (Wildman–Crippen LogP) is 3.23. The topological polar surface area (TPSA) is 158 Å². The van der Waals surface area contributed by atoms with E-state index in [0.717, 1.165) is 18.7 Å². The Morgan fingerprint density at radius 3 is 2.50 bits per heavy atom. The molecule has 0 bridgehead atoms. The van der Waals surface area contributed by atoms with Crippen molar-refractivity contribution in [3.05, 3.63) is 53.1 Å². The number of rotatable bonds is 13. The molecule has 40 heavy (non-hydrogen) atoms. The molecule has 14 heteroatoms.